The van der Waals surface area contributed by atoms with Gasteiger partial charge in [0.05, 0.1) is 31.1 Å². The average molecular weight is 281 g/mol. The highest BCUT2D eigenvalue weighted by Crippen LogP contribution is 2.06. The number of nitrogens with two attached hydrogens (primary N) is 1. The molecule has 1 fully saturated rings. The van der Waals surface area contributed by atoms with Crippen LogP contribution in [0.4, 0.5) is 5.69 Å². The Morgan fingerprint density at radius 2 is 2.45 bits per heavy atom. The zero-order chi connectivity index (χ0) is 14.4. The highest BCUT2D eigenvalue weighted by atomic mass is 16.5. The second-order valence-electron chi connectivity index (χ2n) is 4.87. The Kier molecular flexibility index (Phi) is 5.51. The van der Waals surface area contributed by atoms with Crippen LogP contribution in [0, 0.1) is 0 Å². The Labute approximate surface area is 118 Å². The summed E-state index contributed by atoms with van der Waals surface area (Å²) >= 11 is 0. The molecule has 0 saturated carbocycles. The van der Waals surface area contributed by atoms with Gasteiger partial charge in [-0.25, -0.2) is 4.68 Å². The van der Waals surface area contributed by atoms with Crippen molar-refractivity contribution >= 4 is 5.69 Å². The van der Waals surface area contributed by atoms with Crippen LogP contribution in [-0.2, 0) is 11.3 Å². The first kappa shape index (κ1) is 15.0. The number of morpholine rings is 1. The van der Waals surface area contributed by atoms with E-state index in [2.05, 4.69) is 22.2 Å². The van der Waals surface area contributed by atoms with Crippen LogP contribution >= 0.6 is 0 Å². The summed E-state index contributed by atoms with van der Waals surface area (Å²) in [5.41, 5.74) is 5.99. The zero-order valence-corrected chi connectivity index (χ0v) is 11.9. The first-order valence-corrected chi connectivity index (χ1v) is 7.08. The van der Waals surface area contributed by atoms with Crippen molar-refractivity contribution in [3.63, 3.8) is 0 Å². The molecule has 0 aromatic carbocycles. The van der Waals surface area contributed by atoms with Gasteiger partial charge in [0, 0.05) is 32.2 Å². The molecule has 2 heterocycles. The fraction of sp³-hybridized carbons (Fsp3) is 0.692. The average Bonchev–Trinajstić information content (AvgIpc) is 2.48. The van der Waals surface area contributed by atoms with E-state index in [0.717, 1.165) is 19.6 Å². The van der Waals surface area contributed by atoms with Gasteiger partial charge in [0.2, 0.25) is 0 Å². The van der Waals surface area contributed by atoms with Gasteiger partial charge in [-0.2, -0.15) is 5.10 Å². The number of aromatic nitrogens is 2. The van der Waals surface area contributed by atoms with Gasteiger partial charge in [0.25, 0.3) is 5.56 Å². The number of hydrogen-bond donors (Lipinski definition) is 2. The molecular formula is C13H23N5O2. The molecule has 1 aromatic rings. The van der Waals surface area contributed by atoms with Gasteiger partial charge in [-0.05, 0) is 6.54 Å². The van der Waals surface area contributed by atoms with Crippen molar-refractivity contribution in [2.45, 2.75) is 19.6 Å². The van der Waals surface area contributed by atoms with Gasteiger partial charge in [-0.1, -0.05) is 6.92 Å². The molecule has 1 aliphatic heterocycles. The fourth-order valence-electron chi connectivity index (χ4n) is 2.25. The van der Waals surface area contributed by atoms with Crippen molar-refractivity contribution in [3.8, 4) is 0 Å². The maximum Gasteiger partial charge on any atom is 0.268 e. The number of anilines is 1. The molecule has 3 N–H and O–H groups in total. The molecule has 1 aliphatic rings. The summed E-state index contributed by atoms with van der Waals surface area (Å²) in [6.45, 7) is 7.29. The molecule has 7 nitrogen and oxygen atoms in total. The second-order valence-corrected chi connectivity index (χ2v) is 4.87. The van der Waals surface area contributed by atoms with E-state index in [1.54, 1.807) is 12.3 Å². The number of nitrogens with one attached hydrogen (secondary N) is 1. The van der Waals surface area contributed by atoms with Gasteiger partial charge >= 0.3 is 0 Å². The van der Waals surface area contributed by atoms with Crippen molar-refractivity contribution in [1.29, 1.82) is 0 Å². The summed E-state index contributed by atoms with van der Waals surface area (Å²) in [7, 11) is 0. The molecule has 112 valence electrons. The maximum atomic E-state index is 12.0. The summed E-state index contributed by atoms with van der Waals surface area (Å²) in [5.74, 6) is 0. The zero-order valence-electron chi connectivity index (χ0n) is 11.9. The van der Waals surface area contributed by atoms with E-state index in [0.29, 0.717) is 31.9 Å². The van der Waals surface area contributed by atoms with E-state index in [1.165, 1.54) is 4.68 Å². The summed E-state index contributed by atoms with van der Waals surface area (Å²) < 4.78 is 7.15. The Balaban J connectivity index is 1.97. The molecule has 7 heteroatoms. The van der Waals surface area contributed by atoms with Crippen molar-refractivity contribution < 1.29 is 4.74 Å². The van der Waals surface area contributed by atoms with E-state index in [9.17, 15) is 4.79 Å². The quantitative estimate of drug-likeness (QED) is 0.719. The standard InChI is InChI=1S/C13H23N5O2/c1-2-17-5-6-20-12(9-17)10-18-13(19)7-11(8-16-18)15-4-3-14/h7-8,12,15H,2-6,9-10,14H2,1H3. The minimum atomic E-state index is -0.121. The van der Waals surface area contributed by atoms with Crippen LogP contribution in [0.25, 0.3) is 0 Å². The van der Waals surface area contributed by atoms with Crippen LogP contribution in [0.5, 0.6) is 0 Å². The Morgan fingerprint density at radius 3 is 3.15 bits per heavy atom. The third-order valence-corrected chi connectivity index (χ3v) is 3.39. The molecule has 0 aliphatic carbocycles. The summed E-state index contributed by atoms with van der Waals surface area (Å²) in [6.07, 6.45) is 1.68. The van der Waals surface area contributed by atoms with E-state index in [4.69, 9.17) is 10.5 Å². The Morgan fingerprint density at radius 1 is 1.60 bits per heavy atom. The maximum absolute atomic E-state index is 12.0. The van der Waals surface area contributed by atoms with E-state index in [-0.39, 0.29) is 11.7 Å². The highest BCUT2D eigenvalue weighted by Gasteiger charge is 2.20. The lowest BCUT2D eigenvalue weighted by Gasteiger charge is -2.31. The molecule has 0 radical (unpaired) electrons. The van der Waals surface area contributed by atoms with Gasteiger partial charge in [-0.15, -0.1) is 0 Å². The number of likely N-dealkylation sites (N-methyl/N-ethyl adjacent to an activating group) is 1. The lowest BCUT2D eigenvalue weighted by Crippen LogP contribution is -2.45. The fourth-order valence-corrected chi connectivity index (χ4v) is 2.25. The smallest absolute Gasteiger partial charge is 0.268 e. The number of rotatable bonds is 6. The largest absolute Gasteiger partial charge is 0.382 e. The molecule has 0 amide bonds. The molecule has 20 heavy (non-hydrogen) atoms. The number of nitrogens with zero attached hydrogens (tertiary/aromatic N) is 3. The first-order valence-electron chi connectivity index (χ1n) is 7.08. The van der Waals surface area contributed by atoms with Crippen LogP contribution in [0.15, 0.2) is 17.1 Å². The minimum absolute atomic E-state index is 0.0248. The SMILES string of the molecule is CCN1CCOC(Cn2ncc(NCCN)cc2=O)C1. The van der Waals surface area contributed by atoms with Crippen molar-refractivity contribution in [2.75, 3.05) is 44.6 Å². The predicted octanol–water partition coefficient (Wildman–Crippen LogP) is -0.665. The molecule has 1 aromatic heterocycles. The summed E-state index contributed by atoms with van der Waals surface area (Å²) in [4.78, 5) is 14.3. The molecule has 0 spiro atoms. The summed E-state index contributed by atoms with van der Waals surface area (Å²) in [6, 6.07) is 1.54. The van der Waals surface area contributed by atoms with Crippen LogP contribution in [0.2, 0.25) is 0 Å². The van der Waals surface area contributed by atoms with Crippen LogP contribution in [-0.4, -0.2) is 60.1 Å². The van der Waals surface area contributed by atoms with Gasteiger partial charge in [0.1, 0.15) is 0 Å². The molecule has 1 atom stereocenters. The molecule has 2 rings (SSSR count). The second kappa shape index (κ2) is 7.37. The molecule has 1 unspecified atom stereocenters. The third-order valence-electron chi connectivity index (χ3n) is 3.39. The van der Waals surface area contributed by atoms with Crippen LogP contribution in [0.3, 0.4) is 0 Å². The topological polar surface area (TPSA) is 85.4 Å². The highest BCUT2D eigenvalue weighted by molar-refractivity contribution is 5.38. The Bertz CT molecular complexity index is 476. The minimum Gasteiger partial charge on any atom is -0.382 e. The lowest BCUT2D eigenvalue weighted by atomic mass is 10.2. The molecular weight excluding hydrogens is 258 g/mol. The van der Waals surface area contributed by atoms with Crippen LogP contribution in [0.1, 0.15) is 6.92 Å². The molecule has 1 saturated heterocycles. The van der Waals surface area contributed by atoms with Gasteiger partial charge in [0.15, 0.2) is 0 Å². The van der Waals surface area contributed by atoms with Gasteiger partial charge < -0.3 is 15.8 Å². The third kappa shape index (κ3) is 4.03. The molecule has 0 bridgehead atoms. The van der Waals surface area contributed by atoms with Crippen molar-refractivity contribution in [2.24, 2.45) is 5.73 Å². The van der Waals surface area contributed by atoms with E-state index < -0.39 is 0 Å². The Hall–Kier alpha value is -1.44. The summed E-state index contributed by atoms with van der Waals surface area (Å²) in [5, 5.41) is 7.22. The van der Waals surface area contributed by atoms with Crippen LogP contribution < -0.4 is 16.6 Å². The first-order chi connectivity index (χ1) is 9.72. The number of hydrogen-bond acceptors (Lipinski definition) is 6. The monoisotopic (exact) mass is 281 g/mol. The number of ether oxygens (including phenoxy) is 1. The van der Waals surface area contributed by atoms with Crippen molar-refractivity contribution in [3.05, 3.63) is 22.6 Å². The lowest BCUT2D eigenvalue weighted by molar-refractivity contribution is -0.0364. The van der Waals surface area contributed by atoms with Gasteiger partial charge in [-0.3, -0.25) is 9.69 Å². The van der Waals surface area contributed by atoms with E-state index in [1.807, 2.05) is 0 Å². The van der Waals surface area contributed by atoms with E-state index >= 15 is 0 Å². The van der Waals surface area contributed by atoms with Crippen molar-refractivity contribution in [1.82, 2.24) is 14.7 Å². The normalized spacial score (nSPS) is 20.0. The predicted molar refractivity (Wildman–Crippen MR) is 77.9 cm³/mol.